The Morgan fingerprint density at radius 3 is 2.50 bits per heavy atom. The van der Waals surface area contributed by atoms with Crippen molar-refractivity contribution in [3.63, 3.8) is 0 Å². The molecule has 2 aromatic rings. The molecule has 4 nitrogen and oxygen atoms in total. The molecule has 0 aliphatic carbocycles. The van der Waals surface area contributed by atoms with Gasteiger partial charge in [-0.25, -0.2) is 4.98 Å². The summed E-state index contributed by atoms with van der Waals surface area (Å²) >= 11 is 0. The van der Waals surface area contributed by atoms with Gasteiger partial charge in [-0.3, -0.25) is 0 Å². The average Bonchev–Trinajstić information content (AvgIpc) is 2.77. The fourth-order valence-corrected chi connectivity index (χ4v) is 1.39. The summed E-state index contributed by atoms with van der Waals surface area (Å²) in [5, 5.41) is 0. The minimum atomic E-state index is 0.604. The van der Waals surface area contributed by atoms with Crippen molar-refractivity contribution in [2.45, 2.75) is 13.5 Å². The van der Waals surface area contributed by atoms with Crippen molar-refractivity contribution in [1.82, 2.24) is 9.55 Å². The van der Waals surface area contributed by atoms with E-state index in [-0.39, 0.29) is 0 Å². The lowest BCUT2D eigenvalue weighted by atomic mass is 10.3. The largest absolute Gasteiger partial charge is 0.497 e. The van der Waals surface area contributed by atoms with Crippen LogP contribution in [0, 0.1) is 0 Å². The van der Waals surface area contributed by atoms with E-state index >= 15 is 0 Å². The average molecular weight is 218 g/mol. The standard InChI is InChI=1S/C12H14N2O2/c1-3-14-9-8-13-12(14)16-11-6-4-10(15-2)5-7-11/h4-9H,3H2,1-2H3. The summed E-state index contributed by atoms with van der Waals surface area (Å²) in [5.41, 5.74) is 0. The van der Waals surface area contributed by atoms with Gasteiger partial charge in [0.2, 0.25) is 0 Å². The number of ether oxygens (including phenoxy) is 2. The van der Waals surface area contributed by atoms with Gasteiger partial charge >= 0.3 is 6.01 Å². The van der Waals surface area contributed by atoms with Gasteiger partial charge in [0.25, 0.3) is 0 Å². The van der Waals surface area contributed by atoms with Crippen molar-refractivity contribution in [1.29, 1.82) is 0 Å². The molecule has 2 rings (SSSR count). The zero-order valence-corrected chi connectivity index (χ0v) is 9.38. The predicted octanol–water partition coefficient (Wildman–Crippen LogP) is 2.70. The summed E-state index contributed by atoms with van der Waals surface area (Å²) in [6.07, 6.45) is 3.61. The van der Waals surface area contributed by atoms with Crippen LogP contribution in [0.2, 0.25) is 0 Å². The number of benzene rings is 1. The summed E-state index contributed by atoms with van der Waals surface area (Å²) in [4.78, 5) is 4.13. The van der Waals surface area contributed by atoms with Gasteiger partial charge in [0, 0.05) is 18.9 Å². The lowest BCUT2D eigenvalue weighted by Crippen LogP contribution is -1.97. The van der Waals surface area contributed by atoms with Gasteiger partial charge in [0.15, 0.2) is 0 Å². The maximum atomic E-state index is 5.64. The molecule has 0 unspecified atom stereocenters. The molecule has 4 heteroatoms. The second kappa shape index (κ2) is 4.70. The van der Waals surface area contributed by atoms with Crippen molar-refractivity contribution in [2.24, 2.45) is 0 Å². The van der Waals surface area contributed by atoms with E-state index < -0.39 is 0 Å². The van der Waals surface area contributed by atoms with Gasteiger partial charge in [0.1, 0.15) is 11.5 Å². The summed E-state index contributed by atoms with van der Waals surface area (Å²) in [7, 11) is 1.64. The normalized spacial score (nSPS) is 10.1. The summed E-state index contributed by atoms with van der Waals surface area (Å²) in [5.74, 6) is 1.56. The fraction of sp³-hybridized carbons (Fsp3) is 0.250. The van der Waals surface area contributed by atoms with E-state index in [0.29, 0.717) is 6.01 Å². The van der Waals surface area contributed by atoms with Crippen molar-refractivity contribution in [3.05, 3.63) is 36.7 Å². The molecule has 1 aromatic heterocycles. The summed E-state index contributed by atoms with van der Waals surface area (Å²) < 4.78 is 12.6. The van der Waals surface area contributed by atoms with E-state index in [1.165, 1.54) is 0 Å². The third-order valence-electron chi connectivity index (χ3n) is 2.29. The van der Waals surface area contributed by atoms with Crippen LogP contribution in [-0.4, -0.2) is 16.7 Å². The first-order valence-electron chi connectivity index (χ1n) is 5.16. The molecular formula is C12H14N2O2. The molecule has 0 spiro atoms. The maximum absolute atomic E-state index is 5.64. The molecule has 0 bridgehead atoms. The van der Waals surface area contributed by atoms with E-state index in [1.54, 1.807) is 13.3 Å². The molecule has 0 aliphatic rings. The number of hydrogen-bond acceptors (Lipinski definition) is 3. The maximum Gasteiger partial charge on any atom is 0.301 e. The molecule has 0 atom stereocenters. The Hall–Kier alpha value is -1.97. The second-order valence-corrected chi connectivity index (χ2v) is 3.27. The van der Waals surface area contributed by atoms with E-state index in [2.05, 4.69) is 4.98 Å². The highest BCUT2D eigenvalue weighted by molar-refractivity contribution is 5.32. The van der Waals surface area contributed by atoms with Gasteiger partial charge in [0.05, 0.1) is 7.11 Å². The third-order valence-corrected chi connectivity index (χ3v) is 2.29. The van der Waals surface area contributed by atoms with Crippen LogP contribution in [0.1, 0.15) is 6.92 Å². The fourth-order valence-electron chi connectivity index (χ4n) is 1.39. The minimum Gasteiger partial charge on any atom is -0.497 e. The molecule has 0 amide bonds. The van der Waals surface area contributed by atoms with Crippen LogP contribution in [0.25, 0.3) is 0 Å². The third kappa shape index (κ3) is 2.16. The molecule has 0 N–H and O–H groups in total. The van der Waals surface area contributed by atoms with Crippen LogP contribution in [0.4, 0.5) is 0 Å². The monoisotopic (exact) mass is 218 g/mol. The lowest BCUT2D eigenvalue weighted by Gasteiger charge is -2.07. The molecule has 0 saturated heterocycles. The zero-order valence-electron chi connectivity index (χ0n) is 9.38. The molecule has 0 saturated carbocycles. The van der Waals surface area contributed by atoms with Crippen LogP contribution in [0.5, 0.6) is 17.5 Å². The van der Waals surface area contributed by atoms with Gasteiger partial charge in [-0.15, -0.1) is 0 Å². The molecule has 1 aromatic carbocycles. The SMILES string of the molecule is CCn1ccnc1Oc1ccc(OC)cc1. The number of imidazole rings is 1. The number of aromatic nitrogens is 2. The predicted molar refractivity (Wildman–Crippen MR) is 61.0 cm³/mol. The Labute approximate surface area is 94.4 Å². The minimum absolute atomic E-state index is 0.604. The summed E-state index contributed by atoms with van der Waals surface area (Å²) in [6.45, 7) is 2.88. The molecule has 0 aliphatic heterocycles. The van der Waals surface area contributed by atoms with E-state index in [0.717, 1.165) is 18.0 Å². The Bertz CT molecular complexity index is 448. The van der Waals surface area contributed by atoms with Crippen molar-refractivity contribution < 1.29 is 9.47 Å². The molecule has 0 radical (unpaired) electrons. The first kappa shape index (κ1) is 10.5. The van der Waals surface area contributed by atoms with Crippen LogP contribution < -0.4 is 9.47 Å². The zero-order chi connectivity index (χ0) is 11.4. The van der Waals surface area contributed by atoms with Crippen LogP contribution in [-0.2, 0) is 6.54 Å². The van der Waals surface area contributed by atoms with Crippen molar-refractivity contribution in [2.75, 3.05) is 7.11 Å². The van der Waals surface area contributed by atoms with Gasteiger partial charge in [-0.05, 0) is 31.2 Å². The van der Waals surface area contributed by atoms with Gasteiger partial charge < -0.3 is 14.0 Å². The number of methoxy groups -OCH3 is 1. The van der Waals surface area contributed by atoms with Crippen LogP contribution in [0.15, 0.2) is 36.7 Å². The highest BCUT2D eigenvalue weighted by Gasteiger charge is 2.03. The first-order valence-corrected chi connectivity index (χ1v) is 5.16. The van der Waals surface area contributed by atoms with Gasteiger partial charge in [-0.2, -0.15) is 0 Å². The lowest BCUT2D eigenvalue weighted by molar-refractivity contribution is 0.404. The summed E-state index contributed by atoms with van der Waals surface area (Å²) in [6, 6.07) is 8.03. The van der Waals surface area contributed by atoms with Crippen LogP contribution in [0.3, 0.4) is 0 Å². The molecule has 1 heterocycles. The van der Waals surface area contributed by atoms with E-state index in [4.69, 9.17) is 9.47 Å². The topological polar surface area (TPSA) is 36.3 Å². The second-order valence-electron chi connectivity index (χ2n) is 3.27. The number of hydrogen-bond donors (Lipinski definition) is 0. The molecule has 84 valence electrons. The molecule has 0 fully saturated rings. The van der Waals surface area contributed by atoms with Crippen LogP contribution >= 0.6 is 0 Å². The Balaban J connectivity index is 2.14. The Kier molecular flexibility index (Phi) is 3.10. The molecular weight excluding hydrogens is 204 g/mol. The molecule has 16 heavy (non-hydrogen) atoms. The Morgan fingerprint density at radius 1 is 1.19 bits per heavy atom. The first-order chi connectivity index (χ1) is 7.83. The quantitative estimate of drug-likeness (QED) is 0.791. The van der Waals surface area contributed by atoms with E-state index in [9.17, 15) is 0 Å². The highest BCUT2D eigenvalue weighted by atomic mass is 16.5. The van der Waals surface area contributed by atoms with Gasteiger partial charge in [-0.1, -0.05) is 0 Å². The number of aryl methyl sites for hydroxylation is 1. The van der Waals surface area contributed by atoms with E-state index in [1.807, 2.05) is 42.0 Å². The van der Waals surface area contributed by atoms with Crippen molar-refractivity contribution >= 4 is 0 Å². The van der Waals surface area contributed by atoms with Crippen molar-refractivity contribution in [3.8, 4) is 17.5 Å². The highest BCUT2D eigenvalue weighted by Crippen LogP contribution is 2.22. The smallest absolute Gasteiger partial charge is 0.301 e. The number of rotatable bonds is 4. The number of nitrogens with zero attached hydrogens (tertiary/aromatic N) is 2. The Morgan fingerprint density at radius 2 is 1.88 bits per heavy atom.